The van der Waals surface area contributed by atoms with Gasteiger partial charge in [0.05, 0.1) is 13.1 Å². The highest BCUT2D eigenvalue weighted by molar-refractivity contribution is 5.92. The van der Waals surface area contributed by atoms with E-state index < -0.39 is 5.91 Å². The lowest BCUT2D eigenvalue weighted by Crippen LogP contribution is -2.41. The van der Waals surface area contributed by atoms with Crippen molar-refractivity contribution in [1.82, 2.24) is 10.6 Å². The van der Waals surface area contributed by atoms with E-state index in [4.69, 9.17) is 10.5 Å². The summed E-state index contributed by atoms with van der Waals surface area (Å²) in [6, 6.07) is 13.0. The summed E-state index contributed by atoms with van der Waals surface area (Å²) in [7, 11) is 0. The molecule has 1 amide bonds. The molecule has 1 atom stereocenters. The van der Waals surface area contributed by atoms with E-state index in [9.17, 15) is 9.18 Å². The summed E-state index contributed by atoms with van der Waals surface area (Å²) in [5, 5.41) is 6.37. The molecule has 2 aromatic carbocycles. The summed E-state index contributed by atoms with van der Waals surface area (Å²) in [5.41, 5.74) is 6.65. The zero-order valence-corrected chi connectivity index (χ0v) is 15.5. The standard InChI is InChI=1S/C20H25FN4O2/c1-3-23-20(25-13-15-5-4-6-16(11-15)19(22)26)24-12-14(2)27-18-9-7-17(21)8-10-18/h4-11,14H,3,12-13H2,1-2H3,(H2,22,26)(H2,23,24,25). The van der Waals surface area contributed by atoms with Crippen LogP contribution in [-0.4, -0.2) is 31.1 Å². The highest BCUT2D eigenvalue weighted by atomic mass is 19.1. The van der Waals surface area contributed by atoms with Gasteiger partial charge in [-0.05, 0) is 55.8 Å². The summed E-state index contributed by atoms with van der Waals surface area (Å²) in [4.78, 5) is 15.8. The summed E-state index contributed by atoms with van der Waals surface area (Å²) in [6.45, 7) is 5.52. The summed E-state index contributed by atoms with van der Waals surface area (Å²) in [5.74, 6) is 0.486. The maximum absolute atomic E-state index is 12.9. The Balaban J connectivity index is 1.91. The first-order chi connectivity index (χ1) is 13.0. The van der Waals surface area contributed by atoms with Crippen LogP contribution in [0.3, 0.4) is 0 Å². The minimum absolute atomic E-state index is 0.141. The predicted octanol–water partition coefficient (Wildman–Crippen LogP) is 2.45. The van der Waals surface area contributed by atoms with Gasteiger partial charge in [-0.25, -0.2) is 9.38 Å². The first kappa shape index (κ1) is 20.2. The van der Waals surface area contributed by atoms with E-state index >= 15 is 0 Å². The molecule has 0 bridgehead atoms. The summed E-state index contributed by atoms with van der Waals surface area (Å²) >= 11 is 0. The molecule has 0 saturated heterocycles. The second-order valence-corrected chi connectivity index (χ2v) is 6.02. The molecule has 0 aliphatic heterocycles. The molecule has 27 heavy (non-hydrogen) atoms. The fourth-order valence-corrected chi connectivity index (χ4v) is 2.36. The molecule has 0 saturated carbocycles. The number of benzene rings is 2. The Labute approximate surface area is 158 Å². The highest BCUT2D eigenvalue weighted by Gasteiger charge is 2.06. The minimum atomic E-state index is -0.461. The first-order valence-corrected chi connectivity index (χ1v) is 8.81. The van der Waals surface area contributed by atoms with Crippen molar-refractivity contribution in [3.63, 3.8) is 0 Å². The van der Waals surface area contributed by atoms with Crippen molar-refractivity contribution in [2.75, 3.05) is 13.1 Å². The van der Waals surface area contributed by atoms with Crippen molar-refractivity contribution < 1.29 is 13.9 Å². The maximum atomic E-state index is 12.9. The van der Waals surface area contributed by atoms with Crippen molar-refractivity contribution in [1.29, 1.82) is 0 Å². The minimum Gasteiger partial charge on any atom is -0.489 e. The van der Waals surface area contributed by atoms with Crippen LogP contribution >= 0.6 is 0 Å². The number of amides is 1. The van der Waals surface area contributed by atoms with Crippen LogP contribution in [-0.2, 0) is 6.54 Å². The van der Waals surface area contributed by atoms with Crippen LogP contribution in [0.1, 0.15) is 29.8 Å². The van der Waals surface area contributed by atoms with Gasteiger partial charge in [-0.2, -0.15) is 0 Å². The fraction of sp³-hybridized carbons (Fsp3) is 0.300. The van der Waals surface area contributed by atoms with Crippen LogP contribution in [0.5, 0.6) is 5.75 Å². The lowest BCUT2D eigenvalue weighted by molar-refractivity contribution is 0.1000. The largest absolute Gasteiger partial charge is 0.489 e. The quantitative estimate of drug-likeness (QED) is 0.491. The Hall–Kier alpha value is -3.09. The lowest BCUT2D eigenvalue weighted by atomic mass is 10.1. The zero-order chi connectivity index (χ0) is 19.6. The van der Waals surface area contributed by atoms with E-state index in [2.05, 4.69) is 15.6 Å². The third-order valence-corrected chi connectivity index (χ3v) is 3.68. The Morgan fingerprint density at radius 1 is 1.22 bits per heavy atom. The van der Waals surface area contributed by atoms with Crippen LogP contribution in [0, 0.1) is 5.82 Å². The third kappa shape index (κ3) is 6.97. The second-order valence-electron chi connectivity index (χ2n) is 6.02. The van der Waals surface area contributed by atoms with E-state index in [0.717, 1.165) is 5.56 Å². The van der Waals surface area contributed by atoms with Gasteiger partial charge in [0.1, 0.15) is 17.7 Å². The predicted molar refractivity (Wildman–Crippen MR) is 104 cm³/mol. The van der Waals surface area contributed by atoms with Crippen LogP contribution in [0.15, 0.2) is 53.5 Å². The molecule has 7 heteroatoms. The third-order valence-electron chi connectivity index (χ3n) is 3.68. The van der Waals surface area contributed by atoms with Crippen molar-refractivity contribution in [3.8, 4) is 5.75 Å². The van der Waals surface area contributed by atoms with Crippen molar-refractivity contribution in [2.24, 2.45) is 10.7 Å². The number of halogens is 1. The van der Waals surface area contributed by atoms with Crippen molar-refractivity contribution in [2.45, 2.75) is 26.5 Å². The van der Waals surface area contributed by atoms with Crippen molar-refractivity contribution >= 4 is 11.9 Å². The van der Waals surface area contributed by atoms with Crippen molar-refractivity contribution in [3.05, 3.63) is 65.5 Å². The number of hydrogen-bond acceptors (Lipinski definition) is 3. The van der Waals surface area contributed by atoms with Gasteiger partial charge in [0.25, 0.3) is 0 Å². The Morgan fingerprint density at radius 2 is 1.96 bits per heavy atom. The molecule has 0 aliphatic carbocycles. The van der Waals surface area contributed by atoms with Gasteiger partial charge in [-0.15, -0.1) is 0 Å². The van der Waals surface area contributed by atoms with Gasteiger partial charge >= 0.3 is 0 Å². The molecule has 0 radical (unpaired) electrons. The van der Waals surface area contributed by atoms with Gasteiger partial charge in [0, 0.05) is 12.1 Å². The molecule has 2 rings (SSSR count). The zero-order valence-electron chi connectivity index (χ0n) is 15.5. The van der Waals surface area contributed by atoms with Gasteiger partial charge in [-0.1, -0.05) is 12.1 Å². The van der Waals surface area contributed by atoms with E-state index in [1.54, 1.807) is 30.3 Å². The molecule has 2 aromatic rings. The van der Waals surface area contributed by atoms with Crippen LogP contribution in [0.2, 0.25) is 0 Å². The number of hydrogen-bond donors (Lipinski definition) is 3. The number of carbonyl (C=O) groups excluding carboxylic acids is 1. The number of primary amides is 1. The number of nitrogens with zero attached hydrogens (tertiary/aromatic N) is 1. The van der Waals surface area contributed by atoms with Gasteiger partial charge in [0.2, 0.25) is 5.91 Å². The summed E-state index contributed by atoms with van der Waals surface area (Å²) < 4.78 is 18.7. The molecule has 0 fully saturated rings. The number of ether oxygens (including phenoxy) is 1. The van der Waals surface area contributed by atoms with Crippen LogP contribution in [0.4, 0.5) is 4.39 Å². The van der Waals surface area contributed by atoms with E-state index in [1.165, 1.54) is 12.1 Å². The molecular weight excluding hydrogens is 347 g/mol. The molecule has 0 spiro atoms. The Morgan fingerprint density at radius 3 is 2.63 bits per heavy atom. The highest BCUT2D eigenvalue weighted by Crippen LogP contribution is 2.12. The SMILES string of the molecule is CCNC(=NCc1cccc(C(N)=O)c1)NCC(C)Oc1ccc(F)cc1. The number of nitrogens with one attached hydrogen (secondary N) is 2. The smallest absolute Gasteiger partial charge is 0.248 e. The monoisotopic (exact) mass is 372 g/mol. The number of nitrogens with two attached hydrogens (primary N) is 1. The molecule has 1 unspecified atom stereocenters. The summed E-state index contributed by atoms with van der Waals surface area (Å²) in [6.07, 6.45) is -0.141. The molecule has 144 valence electrons. The fourth-order valence-electron chi connectivity index (χ4n) is 2.36. The van der Waals surface area contributed by atoms with Gasteiger partial charge in [-0.3, -0.25) is 4.79 Å². The first-order valence-electron chi connectivity index (χ1n) is 8.81. The van der Waals surface area contributed by atoms with E-state index in [0.29, 0.717) is 36.9 Å². The van der Waals surface area contributed by atoms with Gasteiger partial charge < -0.3 is 21.1 Å². The average molecular weight is 372 g/mol. The molecule has 0 aromatic heterocycles. The topological polar surface area (TPSA) is 88.7 Å². The van der Waals surface area contributed by atoms with Crippen LogP contribution in [0.25, 0.3) is 0 Å². The number of guanidine groups is 1. The van der Waals surface area contributed by atoms with Crippen LogP contribution < -0.4 is 21.1 Å². The number of carbonyl (C=O) groups is 1. The number of rotatable bonds is 8. The lowest BCUT2D eigenvalue weighted by Gasteiger charge is -2.17. The van der Waals surface area contributed by atoms with E-state index in [-0.39, 0.29) is 11.9 Å². The van der Waals surface area contributed by atoms with E-state index in [1.807, 2.05) is 19.9 Å². The Kier molecular flexibility index (Phi) is 7.61. The average Bonchev–Trinajstić information content (AvgIpc) is 2.66. The Bertz CT molecular complexity index is 778. The molecule has 0 heterocycles. The molecule has 0 aliphatic rings. The maximum Gasteiger partial charge on any atom is 0.248 e. The molecular formula is C20H25FN4O2. The molecule has 6 nitrogen and oxygen atoms in total. The van der Waals surface area contributed by atoms with Gasteiger partial charge in [0.15, 0.2) is 5.96 Å². The molecule has 4 N–H and O–H groups in total. The second kappa shape index (κ2) is 10.2. The normalized spacial score (nSPS) is 12.3. The number of aliphatic imine (C=N–C) groups is 1.